The minimum atomic E-state index is -4.29. The standard InChI is InChI=1S/C12H14F3N3S/c1-3-7-5-8-10(16-4-2)17-9(6-12(13,14)15)18-11(8)19-7/h5H,3-4,6H2,1-2H3,(H,16,17,18). The van der Waals surface area contributed by atoms with Gasteiger partial charge in [0, 0.05) is 11.4 Å². The molecular weight excluding hydrogens is 275 g/mol. The highest BCUT2D eigenvalue weighted by Gasteiger charge is 2.30. The number of aryl methyl sites for hydroxylation is 1. The van der Waals surface area contributed by atoms with Gasteiger partial charge in [0.1, 0.15) is 22.9 Å². The van der Waals surface area contributed by atoms with Crippen LogP contribution in [0.5, 0.6) is 0 Å². The van der Waals surface area contributed by atoms with Gasteiger partial charge in [-0.2, -0.15) is 13.2 Å². The third-order valence-electron chi connectivity index (χ3n) is 2.54. The number of alkyl halides is 3. The molecule has 0 saturated carbocycles. The van der Waals surface area contributed by atoms with Gasteiger partial charge in [0.05, 0.1) is 5.39 Å². The fourth-order valence-electron chi connectivity index (χ4n) is 1.75. The Morgan fingerprint density at radius 1 is 1.26 bits per heavy atom. The van der Waals surface area contributed by atoms with Crippen molar-refractivity contribution in [2.75, 3.05) is 11.9 Å². The van der Waals surface area contributed by atoms with Crippen LogP contribution < -0.4 is 5.32 Å². The van der Waals surface area contributed by atoms with Gasteiger partial charge in [-0.05, 0) is 19.4 Å². The zero-order chi connectivity index (χ0) is 14.0. The third kappa shape index (κ3) is 3.34. The van der Waals surface area contributed by atoms with E-state index in [4.69, 9.17) is 0 Å². The Kier molecular flexibility index (Phi) is 3.93. The number of halogens is 3. The Balaban J connectivity index is 2.49. The molecule has 7 heteroatoms. The van der Waals surface area contributed by atoms with E-state index in [0.29, 0.717) is 17.2 Å². The van der Waals surface area contributed by atoms with Gasteiger partial charge in [-0.1, -0.05) is 6.92 Å². The molecule has 0 spiro atoms. The lowest BCUT2D eigenvalue weighted by atomic mass is 10.3. The van der Waals surface area contributed by atoms with Crippen molar-refractivity contribution >= 4 is 27.4 Å². The molecule has 0 amide bonds. The second-order valence-electron chi connectivity index (χ2n) is 4.10. The average molecular weight is 289 g/mol. The summed E-state index contributed by atoms with van der Waals surface area (Å²) in [6, 6.07) is 1.94. The first kappa shape index (κ1) is 14.0. The topological polar surface area (TPSA) is 37.8 Å². The van der Waals surface area contributed by atoms with Gasteiger partial charge in [0.15, 0.2) is 0 Å². The largest absolute Gasteiger partial charge is 0.396 e. The second-order valence-corrected chi connectivity index (χ2v) is 5.21. The first-order valence-corrected chi connectivity index (χ1v) is 6.84. The minimum absolute atomic E-state index is 0.180. The molecule has 1 N–H and O–H groups in total. The third-order valence-corrected chi connectivity index (χ3v) is 3.71. The summed E-state index contributed by atoms with van der Waals surface area (Å²) in [5.41, 5.74) is 0. The highest BCUT2D eigenvalue weighted by Crippen LogP contribution is 2.30. The van der Waals surface area contributed by atoms with Crippen molar-refractivity contribution in [1.29, 1.82) is 0 Å². The normalized spacial score (nSPS) is 12.1. The first-order valence-electron chi connectivity index (χ1n) is 6.03. The molecule has 0 radical (unpaired) electrons. The van der Waals surface area contributed by atoms with Crippen molar-refractivity contribution in [3.05, 3.63) is 16.8 Å². The summed E-state index contributed by atoms with van der Waals surface area (Å²) in [6.07, 6.45) is -4.55. The molecule has 3 nitrogen and oxygen atoms in total. The fraction of sp³-hybridized carbons (Fsp3) is 0.500. The molecule has 0 unspecified atom stereocenters. The van der Waals surface area contributed by atoms with Crippen LogP contribution in [-0.2, 0) is 12.8 Å². The maximum Gasteiger partial charge on any atom is 0.396 e. The molecule has 0 aliphatic carbocycles. The molecule has 0 aromatic carbocycles. The van der Waals surface area contributed by atoms with Crippen LogP contribution in [0.3, 0.4) is 0 Å². The highest BCUT2D eigenvalue weighted by molar-refractivity contribution is 7.18. The number of hydrogen-bond acceptors (Lipinski definition) is 4. The average Bonchev–Trinajstić information content (AvgIpc) is 2.70. The Morgan fingerprint density at radius 2 is 2.00 bits per heavy atom. The van der Waals surface area contributed by atoms with Crippen molar-refractivity contribution in [3.8, 4) is 0 Å². The Labute approximate surface area is 112 Å². The molecule has 0 fully saturated rings. The molecule has 0 aliphatic heterocycles. The summed E-state index contributed by atoms with van der Waals surface area (Å²) in [5.74, 6) is 0.308. The fourth-order valence-corrected chi connectivity index (χ4v) is 2.74. The number of nitrogens with one attached hydrogen (secondary N) is 1. The maximum absolute atomic E-state index is 12.4. The predicted molar refractivity (Wildman–Crippen MR) is 70.7 cm³/mol. The van der Waals surface area contributed by atoms with E-state index in [-0.39, 0.29) is 5.82 Å². The smallest absolute Gasteiger partial charge is 0.370 e. The highest BCUT2D eigenvalue weighted by atomic mass is 32.1. The first-order chi connectivity index (χ1) is 8.93. The molecule has 104 valence electrons. The Bertz CT molecular complexity index is 577. The zero-order valence-corrected chi connectivity index (χ0v) is 11.5. The van der Waals surface area contributed by atoms with Crippen molar-refractivity contribution in [3.63, 3.8) is 0 Å². The van der Waals surface area contributed by atoms with Crippen LogP contribution in [0.1, 0.15) is 24.5 Å². The molecule has 2 aromatic heterocycles. The summed E-state index contributed by atoms with van der Waals surface area (Å²) in [5, 5.41) is 3.80. The number of thiophene rings is 1. The lowest BCUT2D eigenvalue weighted by Crippen LogP contribution is -2.15. The summed E-state index contributed by atoms with van der Waals surface area (Å²) in [6.45, 7) is 4.49. The number of aromatic nitrogens is 2. The molecule has 0 atom stereocenters. The van der Waals surface area contributed by atoms with Gasteiger partial charge in [-0.25, -0.2) is 9.97 Å². The van der Waals surface area contributed by atoms with E-state index >= 15 is 0 Å². The van der Waals surface area contributed by atoms with Gasteiger partial charge >= 0.3 is 6.18 Å². The van der Waals surface area contributed by atoms with Crippen molar-refractivity contribution in [2.24, 2.45) is 0 Å². The van der Waals surface area contributed by atoms with Crippen LogP contribution in [0, 0.1) is 0 Å². The summed E-state index contributed by atoms with van der Waals surface area (Å²) >= 11 is 1.42. The van der Waals surface area contributed by atoms with Crippen molar-refractivity contribution in [2.45, 2.75) is 32.9 Å². The van der Waals surface area contributed by atoms with Gasteiger partial charge in [-0.3, -0.25) is 0 Å². The van der Waals surface area contributed by atoms with Crippen LogP contribution in [0.15, 0.2) is 6.07 Å². The van der Waals surface area contributed by atoms with Crippen molar-refractivity contribution in [1.82, 2.24) is 9.97 Å². The number of hydrogen-bond donors (Lipinski definition) is 1. The molecule has 19 heavy (non-hydrogen) atoms. The van der Waals surface area contributed by atoms with Gasteiger partial charge in [-0.15, -0.1) is 11.3 Å². The van der Waals surface area contributed by atoms with Gasteiger partial charge in [0.25, 0.3) is 0 Å². The molecular formula is C12H14F3N3S. The Morgan fingerprint density at radius 3 is 2.58 bits per heavy atom. The monoisotopic (exact) mass is 289 g/mol. The number of anilines is 1. The molecule has 0 saturated heterocycles. The van der Waals surface area contributed by atoms with Gasteiger partial charge < -0.3 is 5.32 Å². The van der Waals surface area contributed by atoms with E-state index in [0.717, 1.165) is 16.7 Å². The lowest BCUT2D eigenvalue weighted by Gasteiger charge is -2.08. The summed E-state index contributed by atoms with van der Waals surface area (Å²) < 4.78 is 37.3. The quantitative estimate of drug-likeness (QED) is 0.930. The van der Waals surface area contributed by atoms with E-state index in [1.165, 1.54) is 11.3 Å². The van der Waals surface area contributed by atoms with E-state index in [2.05, 4.69) is 15.3 Å². The lowest BCUT2D eigenvalue weighted by molar-refractivity contribution is -0.128. The Hall–Kier alpha value is -1.37. The number of rotatable bonds is 4. The number of fused-ring (bicyclic) bond motifs is 1. The van der Waals surface area contributed by atoms with Crippen LogP contribution in [-0.4, -0.2) is 22.7 Å². The molecule has 0 bridgehead atoms. The van der Waals surface area contributed by atoms with E-state index in [1.807, 2.05) is 19.9 Å². The zero-order valence-electron chi connectivity index (χ0n) is 10.6. The predicted octanol–water partition coefficient (Wildman–Crippen LogP) is 3.79. The molecule has 2 rings (SSSR count). The van der Waals surface area contributed by atoms with Crippen molar-refractivity contribution < 1.29 is 13.2 Å². The van der Waals surface area contributed by atoms with E-state index in [9.17, 15) is 13.2 Å². The van der Waals surface area contributed by atoms with Gasteiger partial charge in [0.2, 0.25) is 0 Å². The minimum Gasteiger partial charge on any atom is -0.370 e. The van der Waals surface area contributed by atoms with Crippen LogP contribution >= 0.6 is 11.3 Å². The van der Waals surface area contributed by atoms with E-state index < -0.39 is 12.6 Å². The van der Waals surface area contributed by atoms with Crippen LogP contribution in [0.2, 0.25) is 0 Å². The molecule has 0 aliphatic rings. The second kappa shape index (κ2) is 5.32. The molecule has 2 heterocycles. The van der Waals surface area contributed by atoms with Crippen LogP contribution in [0.25, 0.3) is 10.2 Å². The van der Waals surface area contributed by atoms with E-state index in [1.54, 1.807) is 0 Å². The summed E-state index contributed by atoms with van der Waals surface area (Å²) in [4.78, 5) is 9.71. The van der Waals surface area contributed by atoms with Crippen LogP contribution in [0.4, 0.5) is 19.0 Å². The summed E-state index contributed by atoms with van der Waals surface area (Å²) in [7, 11) is 0. The SMILES string of the molecule is CCNc1nc(CC(F)(F)F)nc2sc(CC)cc12. The maximum atomic E-state index is 12.4. The number of nitrogens with zero attached hydrogens (tertiary/aromatic N) is 2. The molecule has 2 aromatic rings.